The van der Waals surface area contributed by atoms with Crippen molar-refractivity contribution in [2.24, 2.45) is 13.0 Å². The summed E-state index contributed by atoms with van der Waals surface area (Å²) in [5.41, 5.74) is 2.38. The smallest absolute Gasteiger partial charge is 0.272 e. The summed E-state index contributed by atoms with van der Waals surface area (Å²) in [5, 5.41) is 7.04. The zero-order valence-corrected chi connectivity index (χ0v) is 14.7. The fourth-order valence-corrected chi connectivity index (χ4v) is 2.65. The van der Waals surface area contributed by atoms with E-state index in [1.54, 1.807) is 0 Å². The molecule has 0 aliphatic heterocycles. The molecule has 1 heterocycles. The van der Waals surface area contributed by atoms with Gasteiger partial charge in [-0.2, -0.15) is 5.10 Å². The van der Waals surface area contributed by atoms with Crippen LogP contribution in [0.5, 0.6) is 0 Å². The summed E-state index contributed by atoms with van der Waals surface area (Å²) in [6, 6.07) is 11.1. The number of aryl methyl sites for hydroxylation is 2. The molecule has 0 saturated heterocycles. The predicted molar refractivity (Wildman–Crippen MR) is 95.0 cm³/mol. The molecule has 1 aromatic heterocycles. The molecule has 5 nitrogen and oxygen atoms in total. The molecule has 128 valence electrons. The summed E-state index contributed by atoms with van der Waals surface area (Å²) in [7, 11) is 1.53. The third-order valence-electron chi connectivity index (χ3n) is 4.02. The number of nitrogens with zero attached hydrogens (tertiary/aromatic N) is 2. The first-order valence-electron chi connectivity index (χ1n) is 8.36. The Balaban J connectivity index is 2.19. The molecule has 0 spiro atoms. The fourth-order valence-electron chi connectivity index (χ4n) is 2.65. The number of aromatic nitrogens is 2. The van der Waals surface area contributed by atoms with Crippen molar-refractivity contribution in [1.29, 1.82) is 0 Å². The van der Waals surface area contributed by atoms with Crippen LogP contribution in [0.2, 0.25) is 0 Å². The highest BCUT2D eigenvalue weighted by Crippen LogP contribution is 2.22. The third kappa shape index (κ3) is 4.31. The van der Waals surface area contributed by atoms with E-state index in [9.17, 15) is 9.59 Å². The van der Waals surface area contributed by atoms with Crippen LogP contribution in [0.3, 0.4) is 0 Å². The van der Waals surface area contributed by atoms with Crippen molar-refractivity contribution >= 4 is 5.91 Å². The SMILES string of the molecule is CCCc1ccc([C@@H](NC(=O)c2ccc(=O)n(C)n2)C(C)C)cc1. The summed E-state index contributed by atoms with van der Waals surface area (Å²) >= 11 is 0. The largest absolute Gasteiger partial charge is 0.344 e. The maximum atomic E-state index is 12.5. The number of nitrogens with one attached hydrogen (secondary N) is 1. The number of benzene rings is 1. The molecule has 1 aromatic carbocycles. The van der Waals surface area contributed by atoms with Gasteiger partial charge in [-0.05, 0) is 29.5 Å². The molecule has 0 saturated carbocycles. The minimum Gasteiger partial charge on any atom is -0.344 e. The third-order valence-corrected chi connectivity index (χ3v) is 4.02. The van der Waals surface area contributed by atoms with Gasteiger partial charge in [-0.15, -0.1) is 0 Å². The Morgan fingerprint density at radius 2 is 1.83 bits per heavy atom. The lowest BCUT2D eigenvalue weighted by atomic mass is 9.94. The fraction of sp³-hybridized carbons (Fsp3) is 0.421. The van der Waals surface area contributed by atoms with Crippen LogP contribution in [0.4, 0.5) is 0 Å². The molecule has 0 bridgehead atoms. The summed E-state index contributed by atoms with van der Waals surface area (Å²) in [6.45, 7) is 6.30. The minimum atomic E-state index is -0.276. The molecule has 5 heteroatoms. The summed E-state index contributed by atoms with van der Waals surface area (Å²) in [6.07, 6.45) is 2.17. The molecule has 1 N–H and O–H groups in total. The van der Waals surface area contributed by atoms with Crippen molar-refractivity contribution in [1.82, 2.24) is 15.1 Å². The van der Waals surface area contributed by atoms with Gasteiger partial charge in [0.25, 0.3) is 11.5 Å². The number of carbonyl (C=O) groups is 1. The average molecular weight is 327 g/mol. The number of hydrogen-bond donors (Lipinski definition) is 1. The molecule has 24 heavy (non-hydrogen) atoms. The van der Waals surface area contributed by atoms with E-state index in [4.69, 9.17) is 0 Å². The molecule has 1 amide bonds. The second-order valence-electron chi connectivity index (χ2n) is 6.37. The predicted octanol–water partition coefficient (Wildman–Crippen LogP) is 2.86. The van der Waals surface area contributed by atoms with Gasteiger partial charge < -0.3 is 5.32 Å². The summed E-state index contributed by atoms with van der Waals surface area (Å²) in [5.74, 6) is -0.0413. The maximum Gasteiger partial charge on any atom is 0.272 e. The highest BCUT2D eigenvalue weighted by molar-refractivity contribution is 5.92. The van der Waals surface area contributed by atoms with Crippen LogP contribution in [0.25, 0.3) is 0 Å². The number of amides is 1. The van der Waals surface area contributed by atoms with Gasteiger partial charge in [0.2, 0.25) is 0 Å². The molecular formula is C19H25N3O2. The lowest BCUT2D eigenvalue weighted by Crippen LogP contribution is -2.33. The quantitative estimate of drug-likeness (QED) is 0.887. The van der Waals surface area contributed by atoms with E-state index in [-0.39, 0.29) is 29.1 Å². The standard InChI is InChI=1S/C19H25N3O2/c1-5-6-14-7-9-15(10-8-14)18(13(2)3)20-19(24)16-11-12-17(23)22(4)21-16/h7-13,18H,5-6H2,1-4H3,(H,20,24)/t18-/m0/s1. The summed E-state index contributed by atoms with van der Waals surface area (Å²) < 4.78 is 1.17. The van der Waals surface area contributed by atoms with Crippen molar-refractivity contribution in [3.63, 3.8) is 0 Å². The first-order chi connectivity index (χ1) is 11.4. The van der Waals surface area contributed by atoms with Crippen LogP contribution in [-0.4, -0.2) is 15.7 Å². The Bertz CT molecular complexity index is 748. The molecule has 0 aliphatic rings. The van der Waals surface area contributed by atoms with Crippen molar-refractivity contribution in [2.75, 3.05) is 0 Å². The van der Waals surface area contributed by atoms with Gasteiger partial charge in [0.05, 0.1) is 6.04 Å². The van der Waals surface area contributed by atoms with E-state index in [1.807, 2.05) is 0 Å². The molecule has 0 aliphatic carbocycles. The molecule has 2 rings (SSSR count). The van der Waals surface area contributed by atoms with Crippen molar-refractivity contribution in [3.05, 3.63) is 63.6 Å². The minimum absolute atomic E-state index is 0.104. The molecular weight excluding hydrogens is 302 g/mol. The highest BCUT2D eigenvalue weighted by Gasteiger charge is 2.20. The normalized spacial score (nSPS) is 12.2. The Morgan fingerprint density at radius 3 is 2.38 bits per heavy atom. The zero-order chi connectivity index (χ0) is 17.7. The van der Waals surface area contributed by atoms with Crippen LogP contribution >= 0.6 is 0 Å². The van der Waals surface area contributed by atoms with Gasteiger partial charge in [-0.25, -0.2) is 4.68 Å². The maximum absolute atomic E-state index is 12.5. The number of hydrogen-bond acceptors (Lipinski definition) is 3. The first kappa shape index (κ1) is 17.9. The van der Waals surface area contributed by atoms with Crippen LogP contribution in [0.1, 0.15) is 54.8 Å². The van der Waals surface area contributed by atoms with Crippen molar-refractivity contribution in [2.45, 2.75) is 39.7 Å². The van der Waals surface area contributed by atoms with Gasteiger partial charge in [0.1, 0.15) is 5.69 Å². The average Bonchev–Trinajstić information content (AvgIpc) is 2.56. The van der Waals surface area contributed by atoms with E-state index in [1.165, 1.54) is 29.4 Å². The van der Waals surface area contributed by atoms with Crippen molar-refractivity contribution in [3.8, 4) is 0 Å². The molecule has 1 atom stereocenters. The second-order valence-corrected chi connectivity index (χ2v) is 6.37. The number of rotatable bonds is 6. The molecule has 2 aromatic rings. The van der Waals surface area contributed by atoms with Gasteiger partial charge >= 0.3 is 0 Å². The van der Waals surface area contributed by atoms with Crippen LogP contribution < -0.4 is 10.9 Å². The van der Waals surface area contributed by atoms with Gasteiger partial charge in [0.15, 0.2) is 0 Å². The molecule has 0 fully saturated rings. The van der Waals surface area contributed by atoms with Gasteiger partial charge in [-0.1, -0.05) is 51.5 Å². The topological polar surface area (TPSA) is 64.0 Å². The van der Waals surface area contributed by atoms with E-state index in [2.05, 4.69) is 55.5 Å². The van der Waals surface area contributed by atoms with Crippen LogP contribution in [0, 0.1) is 5.92 Å². The van der Waals surface area contributed by atoms with Crippen LogP contribution in [-0.2, 0) is 13.5 Å². The Morgan fingerprint density at radius 1 is 1.17 bits per heavy atom. The monoisotopic (exact) mass is 327 g/mol. The zero-order valence-electron chi connectivity index (χ0n) is 14.7. The Labute approximate surface area is 142 Å². The van der Waals surface area contributed by atoms with E-state index < -0.39 is 0 Å². The van der Waals surface area contributed by atoms with E-state index in [0.717, 1.165) is 18.4 Å². The van der Waals surface area contributed by atoms with E-state index >= 15 is 0 Å². The highest BCUT2D eigenvalue weighted by atomic mass is 16.2. The first-order valence-corrected chi connectivity index (χ1v) is 8.36. The van der Waals surface area contributed by atoms with E-state index in [0.29, 0.717) is 0 Å². The number of carbonyl (C=O) groups excluding carboxylic acids is 1. The lowest BCUT2D eigenvalue weighted by molar-refractivity contribution is 0.0918. The van der Waals surface area contributed by atoms with Gasteiger partial charge in [0, 0.05) is 13.1 Å². The Hall–Kier alpha value is -2.43. The second kappa shape index (κ2) is 7.90. The van der Waals surface area contributed by atoms with Crippen LogP contribution in [0.15, 0.2) is 41.2 Å². The van der Waals surface area contributed by atoms with Crippen molar-refractivity contribution < 1.29 is 4.79 Å². The summed E-state index contributed by atoms with van der Waals surface area (Å²) in [4.78, 5) is 23.9. The lowest BCUT2D eigenvalue weighted by Gasteiger charge is -2.23. The Kier molecular flexibility index (Phi) is 5.90. The molecule has 0 unspecified atom stereocenters. The molecule has 0 radical (unpaired) electrons. The van der Waals surface area contributed by atoms with Gasteiger partial charge in [-0.3, -0.25) is 9.59 Å².